The highest BCUT2D eigenvalue weighted by molar-refractivity contribution is 7.99. The summed E-state index contributed by atoms with van der Waals surface area (Å²) in [4.78, 5) is 14.4. The Hall–Kier alpha value is -2.00. The molecule has 1 atom stereocenters. The van der Waals surface area contributed by atoms with Gasteiger partial charge in [0.25, 0.3) is 0 Å². The maximum atomic E-state index is 12.4. The summed E-state index contributed by atoms with van der Waals surface area (Å²) in [6.45, 7) is 1.65. The van der Waals surface area contributed by atoms with Gasteiger partial charge in [0.15, 0.2) is 0 Å². The second kappa shape index (κ2) is 8.02. The molecule has 0 saturated carbocycles. The minimum atomic E-state index is 0.114. The fourth-order valence-electron chi connectivity index (χ4n) is 2.76. The van der Waals surface area contributed by atoms with E-state index >= 15 is 0 Å². The molecule has 23 heavy (non-hydrogen) atoms. The van der Waals surface area contributed by atoms with E-state index in [4.69, 9.17) is 0 Å². The number of benzene rings is 2. The average molecular weight is 323 g/mol. The van der Waals surface area contributed by atoms with Crippen LogP contribution >= 0.6 is 11.8 Å². The highest BCUT2D eigenvalue weighted by atomic mass is 32.2. The molecule has 118 valence electrons. The molecule has 1 aliphatic rings. The summed E-state index contributed by atoms with van der Waals surface area (Å²) in [5.74, 6) is 1.10. The summed E-state index contributed by atoms with van der Waals surface area (Å²) in [7, 11) is 0. The van der Waals surface area contributed by atoms with Gasteiger partial charge in [0, 0.05) is 30.2 Å². The van der Waals surface area contributed by atoms with Crippen molar-refractivity contribution in [2.24, 2.45) is 0 Å². The van der Waals surface area contributed by atoms with Crippen molar-refractivity contribution >= 4 is 23.7 Å². The Morgan fingerprint density at radius 1 is 1.00 bits per heavy atom. The quantitative estimate of drug-likeness (QED) is 0.780. The van der Waals surface area contributed by atoms with Crippen LogP contribution in [0, 0.1) is 0 Å². The number of thioether (sulfide) groups is 1. The van der Waals surface area contributed by atoms with Crippen LogP contribution in [0.4, 0.5) is 0 Å². The first-order valence-electron chi connectivity index (χ1n) is 8.01. The van der Waals surface area contributed by atoms with Gasteiger partial charge in [0.05, 0.1) is 0 Å². The maximum absolute atomic E-state index is 12.4. The fraction of sp³-hybridized carbons (Fsp3) is 0.250. The molecule has 0 bridgehead atoms. The number of nitrogens with zero attached hydrogens (tertiary/aromatic N) is 1. The number of rotatable bonds is 3. The van der Waals surface area contributed by atoms with Gasteiger partial charge in [-0.2, -0.15) is 11.8 Å². The molecule has 3 rings (SSSR count). The van der Waals surface area contributed by atoms with E-state index in [-0.39, 0.29) is 5.91 Å². The van der Waals surface area contributed by atoms with Crippen LogP contribution in [0.25, 0.3) is 6.08 Å². The average Bonchev–Trinajstić information content (AvgIpc) is 2.87. The number of hydrogen-bond donors (Lipinski definition) is 0. The summed E-state index contributed by atoms with van der Waals surface area (Å²) < 4.78 is 0. The van der Waals surface area contributed by atoms with Crippen molar-refractivity contribution in [1.82, 2.24) is 4.90 Å². The van der Waals surface area contributed by atoms with Crippen molar-refractivity contribution in [2.45, 2.75) is 11.7 Å². The molecule has 1 amide bonds. The van der Waals surface area contributed by atoms with E-state index in [1.165, 1.54) is 5.56 Å². The topological polar surface area (TPSA) is 20.3 Å². The molecule has 1 fully saturated rings. The van der Waals surface area contributed by atoms with E-state index in [1.807, 2.05) is 53.1 Å². The summed E-state index contributed by atoms with van der Waals surface area (Å²) >= 11 is 1.95. The second-order valence-corrected chi connectivity index (χ2v) is 6.94. The number of amides is 1. The first-order chi connectivity index (χ1) is 11.3. The molecular weight excluding hydrogens is 302 g/mol. The lowest BCUT2D eigenvalue weighted by Gasteiger charge is -2.18. The van der Waals surface area contributed by atoms with E-state index in [9.17, 15) is 4.79 Å². The molecule has 1 heterocycles. The Labute approximate surface area is 142 Å². The van der Waals surface area contributed by atoms with Crippen molar-refractivity contribution in [2.75, 3.05) is 18.8 Å². The standard InChI is InChI=1S/C20H21NOS/c22-20(12-11-17-7-3-1-4-8-17)21-14-13-19(23-16-15-21)18-9-5-2-6-10-18/h1-12,19H,13-16H2/b12-11+. The van der Waals surface area contributed by atoms with Gasteiger partial charge in [0.1, 0.15) is 0 Å². The predicted molar refractivity (Wildman–Crippen MR) is 98.3 cm³/mol. The van der Waals surface area contributed by atoms with Gasteiger partial charge in [-0.05, 0) is 23.6 Å². The van der Waals surface area contributed by atoms with Gasteiger partial charge < -0.3 is 4.90 Å². The van der Waals surface area contributed by atoms with Crippen LogP contribution in [-0.4, -0.2) is 29.6 Å². The Bertz CT molecular complexity index is 654. The summed E-state index contributed by atoms with van der Waals surface area (Å²) in [6.07, 6.45) is 4.61. The summed E-state index contributed by atoms with van der Waals surface area (Å²) in [5.41, 5.74) is 2.43. The summed E-state index contributed by atoms with van der Waals surface area (Å²) in [6, 6.07) is 20.6. The minimum Gasteiger partial charge on any atom is -0.338 e. The van der Waals surface area contributed by atoms with Gasteiger partial charge in [-0.25, -0.2) is 0 Å². The molecule has 0 radical (unpaired) electrons. The molecule has 0 N–H and O–H groups in total. The Balaban J connectivity index is 1.59. The molecule has 2 aromatic rings. The fourth-order valence-corrected chi connectivity index (χ4v) is 3.99. The lowest BCUT2D eigenvalue weighted by molar-refractivity contribution is -0.125. The molecular formula is C20H21NOS. The van der Waals surface area contributed by atoms with Gasteiger partial charge in [-0.3, -0.25) is 4.79 Å². The zero-order valence-electron chi connectivity index (χ0n) is 13.1. The molecule has 0 aromatic heterocycles. The number of carbonyl (C=O) groups excluding carboxylic acids is 1. The molecule has 1 saturated heterocycles. The first-order valence-corrected chi connectivity index (χ1v) is 9.06. The lowest BCUT2D eigenvalue weighted by Crippen LogP contribution is -2.31. The van der Waals surface area contributed by atoms with Crippen LogP contribution in [0.1, 0.15) is 22.8 Å². The van der Waals surface area contributed by atoms with E-state index in [0.29, 0.717) is 5.25 Å². The smallest absolute Gasteiger partial charge is 0.246 e. The zero-order valence-corrected chi connectivity index (χ0v) is 13.9. The molecule has 0 spiro atoms. The van der Waals surface area contributed by atoms with Crippen molar-refractivity contribution < 1.29 is 4.79 Å². The van der Waals surface area contributed by atoms with Crippen LogP contribution in [0.2, 0.25) is 0 Å². The molecule has 2 aromatic carbocycles. The lowest BCUT2D eigenvalue weighted by atomic mass is 10.1. The third kappa shape index (κ3) is 4.49. The van der Waals surface area contributed by atoms with E-state index in [2.05, 4.69) is 30.3 Å². The van der Waals surface area contributed by atoms with Gasteiger partial charge in [-0.15, -0.1) is 0 Å². The van der Waals surface area contributed by atoms with E-state index < -0.39 is 0 Å². The van der Waals surface area contributed by atoms with Crippen molar-refractivity contribution in [3.05, 3.63) is 77.9 Å². The van der Waals surface area contributed by atoms with E-state index in [1.54, 1.807) is 6.08 Å². The highest BCUT2D eigenvalue weighted by Crippen LogP contribution is 2.34. The zero-order chi connectivity index (χ0) is 15.9. The third-order valence-corrected chi connectivity index (χ3v) is 5.37. The number of carbonyl (C=O) groups is 1. The Kier molecular flexibility index (Phi) is 5.54. The van der Waals surface area contributed by atoms with Crippen LogP contribution < -0.4 is 0 Å². The van der Waals surface area contributed by atoms with Crippen LogP contribution in [0.3, 0.4) is 0 Å². The monoisotopic (exact) mass is 323 g/mol. The molecule has 0 aliphatic carbocycles. The normalized spacial score (nSPS) is 18.8. The molecule has 1 aliphatic heterocycles. The van der Waals surface area contributed by atoms with Crippen LogP contribution in [0.15, 0.2) is 66.7 Å². The van der Waals surface area contributed by atoms with Crippen molar-refractivity contribution in [3.63, 3.8) is 0 Å². The summed E-state index contributed by atoms with van der Waals surface area (Å²) in [5, 5.41) is 0.493. The molecule has 1 unspecified atom stereocenters. The highest BCUT2D eigenvalue weighted by Gasteiger charge is 2.20. The van der Waals surface area contributed by atoms with Crippen molar-refractivity contribution in [1.29, 1.82) is 0 Å². The second-order valence-electron chi connectivity index (χ2n) is 5.63. The Morgan fingerprint density at radius 2 is 1.70 bits per heavy atom. The number of hydrogen-bond acceptors (Lipinski definition) is 2. The Morgan fingerprint density at radius 3 is 2.43 bits per heavy atom. The third-order valence-electron chi connectivity index (χ3n) is 4.04. The SMILES string of the molecule is O=C(/C=C/c1ccccc1)N1CCSC(c2ccccc2)CC1. The van der Waals surface area contributed by atoms with Crippen LogP contribution in [-0.2, 0) is 4.79 Å². The van der Waals surface area contributed by atoms with Gasteiger partial charge in [0.2, 0.25) is 5.91 Å². The molecule has 3 heteroatoms. The van der Waals surface area contributed by atoms with Crippen LogP contribution in [0.5, 0.6) is 0 Å². The predicted octanol–water partition coefficient (Wildman–Crippen LogP) is 4.41. The minimum absolute atomic E-state index is 0.114. The largest absolute Gasteiger partial charge is 0.338 e. The first kappa shape index (κ1) is 15.9. The van der Waals surface area contributed by atoms with E-state index in [0.717, 1.165) is 30.8 Å². The maximum Gasteiger partial charge on any atom is 0.246 e. The van der Waals surface area contributed by atoms with Gasteiger partial charge in [-0.1, -0.05) is 60.7 Å². The van der Waals surface area contributed by atoms with Gasteiger partial charge >= 0.3 is 0 Å². The van der Waals surface area contributed by atoms with Crippen molar-refractivity contribution in [3.8, 4) is 0 Å². The molecule has 2 nitrogen and oxygen atoms in total.